The Kier molecular flexibility index (Phi) is 21.4. The van der Waals surface area contributed by atoms with Gasteiger partial charge in [-0.25, -0.2) is 8.42 Å². The highest BCUT2D eigenvalue weighted by atomic mass is 35.5. The molecule has 24 heteroatoms. The van der Waals surface area contributed by atoms with Crippen molar-refractivity contribution in [1.82, 2.24) is 30.2 Å². The number of amides is 4. The summed E-state index contributed by atoms with van der Waals surface area (Å²) in [6.07, 6.45) is 29.3. The van der Waals surface area contributed by atoms with Gasteiger partial charge >= 0.3 is 0 Å². The third-order valence-electron chi connectivity index (χ3n) is 24.4. The average Bonchev–Trinajstić information content (AvgIpc) is 1.75. The first kappa shape index (κ1) is 74.1. The zero-order valence-electron chi connectivity index (χ0n) is 61.7. The minimum Gasteiger partial charge on any atom is -0.490 e. The molecule has 0 saturated heterocycles. The first-order chi connectivity index (χ1) is 51.0. The Morgan fingerprint density at radius 2 is 1.04 bits per heavy atom. The van der Waals surface area contributed by atoms with Crippen molar-refractivity contribution in [2.75, 3.05) is 86.4 Å². The van der Waals surface area contributed by atoms with Gasteiger partial charge < -0.3 is 39.4 Å². The summed E-state index contributed by atoms with van der Waals surface area (Å²) in [6.45, 7) is 8.09. The van der Waals surface area contributed by atoms with Crippen LogP contribution in [0.25, 0.3) is 0 Å². The van der Waals surface area contributed by atoms with E-state index in [1.165, 1.54) is 22.3 Å². The Bertz CT molecular complexity index is 4400. The Balaban J connectivity index is 0.000000170. The van der Waals surface area contributed by atoms with Crippen LogP contribution in [-0.4, -0.2) is 153 Å². The summed E-state index contributed by atoms with van der Waals surface area (Å²) in [5.74, 6) is 0.905. The van der Waals surface area contributed by atoms with Gasteiger partial charge in [0.25, 0.3) is 11.8 Å². The molecule has 6 aromatic rings. The van der Waals surface area contributed by atoms with Crippen molar-refractivity contribution in [3.63, 3.8) is 0 Å². The number of halogens is 2. The van der Waals surface area contributed by atoms with Crippen molar-refractivity contribution in [3.05, 3.63) is 176 Å². The number of carbonyl (C=O) groups excluding carboxylic acids is 4. The molecule has 4 aromatic carbocycles. The van der Waals surface area contributed by atoms with Crippen LogP contribution in [0.4, 0.5) is 11.4 Å². The molecule has 16 rings (SSSR count). The van der Waals surface area contributed by atoms with Gasteiger partial charge in [0.15, 0.2) is 0 Å². The van der Waals surface area contributed by atoms with Crippen LogP contribution in [0, 0.1) is 35.5 Å². The lowest BCUT2D eigenvalue weighted by atomic mass is 9.68. The highest BCUT2D eigenvalue weighted by Gasteiger charge is 2.48. The zero-order chi connectivity index (χ0) is 73.8. The fraction of sp³-hybridized carbons (Fsp3) is 0.537. The molecule has 16 atom stereocenters. The normalized spacial score (nSPS) is 33.0. The van der Waals surface area contributed by atoms with Gasteiger partial charge in [-0.15, -0.1) is 0 Å². The second-order valence-electron chi connectivity index (χ2n) is 32.4. The van der Waals surface area contributed by atoms with Crippen LogP contribution < -0.4 is 29.9 Å². The molecule has 6 heterocycles. The van der Waals surface area contributed by atoms with Crippen molar-refractivity contribution < 1.29 is 46.5 Å². The molecule has 106 heavy (non-hydrogen) atoms. The molecule has 2 spiro atoms. The van der Waals surface area contributed by atoms with Gasteiger partial charge in [0.1, 0.15) is 23.0 Å². The van der Waals surface area contributed by atoms with Gasteiger partial charge in [0.05, 0.1) is 68.6 Å². The van der Waals surface area contributed by atoms with Crippen LogP contribution in [0.1, 0.15) is 157 Å². The van der Waals surface area contributed by atoms with Crippen molar-refractivity contribution in [2.24, 2.45) is 58.3 Å². The predicted octanol–water partition coefficient (Wildman–Crippen LogP) is 12.9. The van der Waals surface area contributed by atoms with E-state index in [1.807, 2.05) is 89.1 Å². The number of nitrogens with one attached hydrogen (secondary N) is 2. The second kappa shape index (κ2) is 30.6. The van der Waals surface area contributed by atoms with E-state index >= 15 is 0 Å². The number of methoxy groups -OCH3 is 2. The Labute approximate surface area is 633 Å². The van der Waals surface area contributed by atoms with Crippen LogP contribution in [-0.2, 0) is 76.3 Å². The number of allylic oxidation sites excluding steroid dienone is 2. The number of fused-ring (bicyclic) bond motifs is 8. The lowest BCUT2D eigenvalue weighted by molar-refractivity contribution is -0.119. The molecular weight excluding hydrogens is 1420 g/mol. The standard InChI is InChI=1S/2C41H50ClN5O5S/c2*1-26-6-4-8-37(51-3)32-12-9-29(32)21-47-24-41(15-5-7-27-16-31(42)11-13-34(27)41)25-52-38-14-10-28(17-36(38)47)40(49)45-53(50,22-26)23-39(48)44-35-18-33(35)30-19-43-46(2)20-30/h2*4,8,10-11,13-14,16-17,19-20,26,29,32-33,35,37H,5-7,9,12,15,18,21-25H2,1-3H3,(H,44,48)/b2*8-4+/t26-,29-,32+,33+,35-,37-,41-,53+;26-,29-,32+,33-,35+,37-,41-,53+/m00/s1. The highest BCUT2D eigenvalue weighted by molar-refractivity contribution is 7.94. The molecule has 4 fully saturated rings. The number of anilines is 2. The maximum absolute atomic E-state index is 14.7. The summed E-state index contributed by atoms with van der Waals surface area (Å²) in [6, 6.07) is 23.3. The SMILES string of the molecule is CO[C@H]1/C=C/C[C@H](C)C[S@@](=O)(CC(=O)N[C@@H]2C[C@H]2c2cnn(C)c2)=NC(=O)c2ccc3c(c2)N(C[C@@H]2CC[C@H]21)C[C@@]1(CCCc2cc(Cl)ccc21)CO3.CO[C@H]1/C=C/C[C@H](C)C[S@@](=O)(CC(=O)N[C@H]2C[C@@H]2c2cnn(C)c2)=NC(=O)c2ccc3c(c2)N(C[C@@H]2CC[C@H]21)C[C@@]1(CCCc2cc(Cl)ccc21)CO3. The highest BCUT2D eigenvalue weighted by Crippen LogP contribution is 2.51. The monoisotopic (exact) mass is 1520 g/mol. The van der Waals surface area contributed by atoms with Gasteiger partial charge in [-0.3, -0.25) is 28.5 Å². The Morgan fingerprint density at radius 3 is 1.42 bits per heavy atom. The van der Waals surface area contributed by atoms with E-state index in [1.54, 1.807) is 35.7 Å². The van der Waals surface area contributed by atoms with Crippen LogP contribution in [0.2, 0.25) is 10.0 Å². The summed E-state index contributed by atoms with van der Waals surface area (Å²) in [7, 11) is 0.770. The van der Waals surface area contributed by atoms with Gasteiger partial charge in [-0.2, -0.15) is 18.9 Å². The largest absolute Gasteiger partial charge is 0.490 e. The summed E-state index contributed by atoms with van der Waals surface area (Å²) in [4.78, 5) is 59.8. The number of carbonyl (C=O) groups is 4. The van der Waals surface area contributed by atoms with E-state index in [9.17, 15) is 27.6 Å². The van der Waals surface area contributed by atoms with E-state index in [2.05, 4.69) is 87.9 Å². The van der Waals surface area contributed by atoms with Gasteiger partial charge in [0, 0.05) is 134 Å². The van der Waals surface area contributed by atoms with E-state index < -0.39 is 31.3 Å². The van der Waals surface area contributed by atoms with Crippen LogP contribution in [0.15, 0.2) is 131 Å². The van der Waals surface area contributed by atoms with E-state index in [-0.39, 0.29) is 93.6 Å². The molecule has 0 radical (unpaired) electrons. The minimum absolute atomic E-state index is 0.0397. The van der Waals surface area contributed by atoms with Gasteiger partial charge in [0.2, 0.25) is 11.8 Å². The molecule has 4 aliphatic heterocycles. The lowest BCUT2D eigenvalue weighted by Crippen LogP contribution is -2.49. The van der Waals surface area contributed by atoms with E-state index in [4.69, 9.17) is 42.1 Å². The third kappa shape index (κ3) is 16.1. The first-order valence-electron chi connectivity index (χ1n) is 38.1. The fourth-order valence-electron chi connectivity index (χ4n) is 18.6. The molecule has 0 unspecified atom stereocenters. The molecule has 2 aromatic heterocycles. The molecule has 4 amide bonds. The first-order valence-corrected chi connectivity index (χ1v) is 42.6. The minimum atomic E-state index is -3.26. The Hall–Kier alpha value is -7.34. The summed E-state index contributed by atoms with van der Waals surface area (Å²) >= 11 is 12.9. The van der Waals surface area contributed by atoms with Gasteiger partial charge in [-0.05, 0) is 219 Å². The number of aryl methyl sites for hydroxylation is 4. The quantitative estimate of drug-likeness (QED) is 0.122. The number of aromatic nitrogens is 4. The average molecular weight is 1520 g/mol. The van der Waals surface area contributed by atoms with Crippen LogP contribution in [0.5, 0.6) is 11.5 Å². The smallest absolute Gasteiger partial charge is 0.285 e. The number of hydrogen-bond donors (Lipinski definition) is 2. The number of rotatable bonds is 10. The lowest BCUT2D eigenvalue weighted by Gasteiger charge is -2.46. The topological polar surface area (TPSA) is 230 Å². The number of hydrogen-bond acceptors (Lipinski definition) is 14. The van der Waals surface area contributed by atoms with Crippen LogP contribution in [0.3, 0.4) is 0 Å². The van der Waals surface area contributed by atoms with Crippen molar-refractivity contribution in [3.8, 4) is 11.5 Å². The maximum atomic E-state index is 14.7. The van der Waals surface area contributed by atoms with Crippen molar-refractivity contribution >= 4 is 77.7 Å². The summed E-state index contributed by atoms with van der Waals surface area (Å²) in [5.41, 5.74) is 9.14. The zero-order valence-corrected chi connectivity index (χ0v) is 64.8. The van der Waals surface area contributed by atoms with Crippen molar-refractivity contribution in [1.29, 1.82) is 0 Å². The van der Waals surface area contributed by atoms with Gasteiger partial charge in [-0.1, -0.05) is 73.5 Å². The maximum Gasteiger partial charge on any atom is 0.285 e. The molecule has 564 valence electrons. The second-order valence-corrected chi connectivity index (χ2v) is 38.0. The summed E-state index contributed by atoms with van der Waals surface area (Å²) < 4.78 is 67.2. The summed E-state index contributed by atoms with van der Waals surface area (Å²) in [5, 5.41) is 16.1. The van der Waals surface area contributed by atoms with E-state index in [0.717, 1.165) is 147 Å². The third-order valence-corrected chi connectivity index (χ3v) is 29.5. The van der Waals surface area contributed by atoms with Crippen LogP contribution >= 0.6 is 23.2 Å². The molecule has 4 saturated carbocycles. The number of nitrogens with zero attached hydrogens (tertiary/aromatic N) is 8. The Morgan fingerprint density at radius 1 is 0.604 bits per heavy atom. The fourth-order valence-corrected chi connectivity index (χ4v) is 23.3. The van der Waals surface area contributed by atoms with Crippen molar-refractivity contribution in [2.45, 2.75) is 151 Å². The predicted molar refractivity (Wildman–Crippen MR) is 415 cm³/mol. The molecular formula is C82H100Cl2N10O10S2. The molecule has 4 bridgehead atoms. The molecule has 20 nitrogen and oxygen atoms in total. The molecule has 2 N–H and O–H groups in total. The molecule has 10 aliphatic rings. The number of ether oxygens (including phenoxy) is 4. The van der Waals surface area contributed by atoms with E-state index in [0.29, 0.717) is 60.9 Å². The number of benzene rings is 4. The molecule has 6 aliphatic carbocycles.